The van der Waals surface area contributed by atoms with Crippen LogP contribution in [-0.2, 0) is 11.3 Å². The molecule has 4 heteroatoms. The van der Waals surface area contributed by atoms with Crippen molar-refractivity contribution in [3.63, 3.8) is 0 Å². The van der Waals surface area contributed by atoms with Gasteiger partial charge in [0, 0.05) is 19.6 Å². The smallest absolute Gasteiger partial charge is 0.119 e. The van der Waals surface area contributed by atoms with E-state index in [1.807, 2.05) is 45.0 Å². The average molecular weight is 276 g/mol. The van der Waals surface area contributed by atoms with Gasteiger partial charge >= 0.3 is 0 Å². The van der Waals surface area contributed by atoms with Gasteiger partial charge in [0.05, 0.1) is 19.3 Å². The molecule has 0 saturated carbocycles. The second kappa shape index (κ2) is 7.88. The third kappa shape index (κ3) is 5.60. The van der Waals surface area contributed by atoms with Gasteiger partial charge in [0.25, 0.3) is 0 Å². The molecule has 0 spiro atoms. The average Bonchev–Trinajstić information content (AvgIpc) is 2.39. The maximum atomic E-state index is 9.26. The normalized spacial score (nSPS) is 13.8. The van der Waals surface area contributed by atoms with E-state index in [0.29, 0.717) is 19.6 Å². The summed E-state index contributed by atoms with van der Waals surface area (Å²) in [7, 11) is 1.67. The van der Waals surface area contributed by atoms with Crippen LogP contribution in [0.15, 0.2) is 24.3 Å². The Bertz CT molecular complexity index is 454. The SMILES string of the molecule is COCc1cccc(OCCC(C)(C#N)NC(C)C)c1. The molecule has 1 aromatic carbocycles. The van der Waals surface area contributed by atoms with Crippen molar-refractivity contribution in [2.24, 2.45) is 0 Å². The summed E-state index contributed by atoms with van der Waals surface area (Å²) < 4.78 is 10.8. The minimum atomic E-state index is -0.557. The third-order valence-corrected chi connectivity index (χ3v) is 2.93. The van der Waals surface area contributed by atoms with Crippen LogP contribution in [0.4, 0.5) is 0 Å². The van der Waals surface area contributed by atoms with Crippen molar-refractivity contribution in [2.45, 2.75) is 45.4 Å². The van der Waals surface area contributed by atoms with Gasteiger partial charge in [0.1, 0.15) is 11.3 Å². The molecule has 4 nitrogen and oxygen atoms in total. The monoisotopic (exact) mass is 276 g/mol. The Morgan fingerprint density at radius 1 is 1.40 bits per heavy atom. The molecule has 0 bridgehead atoms. The predicted molar refractivity (Wildman–Crippen MR) is 79.6 cm³/mol. The Morgan fingerprint density at radius 3 is 2.75 bits per heavy atom. The summed E-state index contributed by atoms with van der Waals surface area (Å²) in [5, 5.41) is 12.5. The van der Waals surface area contributed by atoms with Gasteiger partial charge in [-0.25, -0.2) is 0 Å². The molecule has 0 aliphatic carbocycles. The number of nitrogens with one attached hydrogen (secondary N) is 1. The Morgan fingerprint density at radius 2 is 2.15 bits per heavy atom. The molecule has 20 heavy (non-hydrogen) atoms. The number of nitrogens with zero attached hydrogens (tertiary/aromatic N) is 1. The summed E-state index contributed by atoms with van der Waals surface area (Å²) in [6.07, 6.45) is 0.635. The molecular formula is C16H24N2O2. The van der Waals surface area contributed by atoms with E-state index in [4.69, 9.17) is 9.47 Å². The zero-order valence-electron chi connectivity index (χ0n) is 12.8. The van der Waals surface area contributed by atoms with Crippen molar-refractivity contribution >= 4 is 0 Å². The molecule has 0 saturated heterocycles. The van der Waals surface area contributed by atoms with Crippen LogP contribution in [0.5, 0.6) is 5.75 Å². The van der Waals surface area contributed by atoms with Crippen LogP contribution in [-0.4, -0.2) is 25.3 Å². The first-order valence-corrected chi connectivity index (χ1v) is 6.89. The Labute approximate surface area is 121 Å². The Hall–Kier alpha value is -1.57. The fourth-order valence-electron chi connectivity index (χ4n) is 2.06. The number of hydrogen-bond donors (Lipinski definition) is 1. The van der Waals surface area contributed by atoms with Crippen LogP contribution < -0.4 is 10.1 Å². The highest BCUT2D eigenvalue weighted by Gasteiger charge is 2.24. The van der Waals surface area contributed by atoms with Crippen LogP contribution in [0, 0.1) is 11.3 Å². The lowest BCUT2D eigenvalue weighted by molar-refractivity contribution is 0.184. The predicted octanol–water partition coefficient (Wildman–Crippen LogP) is 2.88. The van der Waals surface area contributed by atoms with E-state index in [1.165, 1.54) is 0 Å². The van der Waals surface area contributed by atoms with Crippen LogP contribution in [0.3, 0.4) is 0 Å². The maximum absolute atomic E-state index is 9.26. The Kier molecular flexibility index (Phi) is 6.50. The minimum Gasteiger partial charge on any atom is -0.493 e. The molecule has 0 radical (unpaired) electrons. The van der Waals surface area contributed by atoms with E-state index in [9.17, 15) is 5.26 Å². The van der Waals surface area contributed by atoms with E-state index < -0.39 is 5.54 Å². The summed E-state index contributed by atoms with van der Waals surface area (Å²) in [4.78, 5) is 0. The van der Waals surface area contributed by atoms with Crippen LogP contribution >= 0.6 is 0 Å². The molecule has 0 aromatic heterocycles. The molecule has 1 aromatic rings. The van der Waals surface area contributed by atoms with E-state index in [-0.39, 0.29) is 6.04 Å². The van der Waals surface area contributed by atoms with Gasteiger partial charge in [-0.05, 0) is 38.5 Å². The summed E-state index contributed by atoms with van der Waals surface area (Å²) in [6.45, 7) is 7.04. The summed E-state index contributed by atoms with van der Waals surface area (Å²) in [6, 6.07) is 10.4. The third-order valence-electron chi connectivity index (χ3n) is 2.93. The minimum absolute atomic E-state index is 0.268. The topological polar surface area (TPSA) is 54.3 Å². The van der Waals surface area contributed by atoms with Gasteiger partial charge in [-0.2, -0.15) is 5.26 Å². The molecule has 1 rings (SSSR count). The molecule has 1 N–H and O–H groups in total. The van der Waals surface area contributed by atoms with E-state index >= 15 is 0 Å². The largest absolute Gasteiger partial charge is 0.493 e. The summed E-state index contributed by atoms with van der Waals surface area (Å²) in [5.41, 5.74) is 0.520. The first-order chi connectivity index (χ1) is 9.49. The van der Waals surface area contributed by atoms with Gasteiger partial charge < -0.3 is 9.47 Å². The molecule has 0 aliphatic rings. The lowest BCUT2D eigenvalue weighted by Crippen LogP contribution is -2.45. The number of methoxy groups -OCH3 is 1. The number of rotatable bonds is 8. The second-order valence-corrected chi connectivity index (χ2v) is 5.42. The van der Waals surface area contributed by atoms with Gasteiger partial charge in [-0.3, -0.25) is 5.32 Å². The number of benzene rings is 1. The van der Waals surface area contributed by atoms with Crippen molar-refractivity contribution < 1.29 is 9.47 Å². The van der Waals surface area contributed by atoms with E-state index in [1.54, 1.807) is 7.11 Å². The number of nitriles is 1. The summed E-state index contributed by atoms with van der Waals surface area (Å²) in [5.74, 6) is 0.810. The first kappa shape index (κ1) is 16.5. The van der Waals surface area contributed by atoms with Gasteiger partial charge in [-0.1, -0.05) is 12.1 Å². The standard InChI is InChI=1S/C16H24N2O2/c1-13(2)18-16(3,12-17)8-9-20-15-7-5-6-14(10-15)11-19-4/h5-7,10,13,18H,8-9,11H2,1-4H3. The molecule has 0 aliphatic heterocycles. The van der Waals surface area contributed by atoms with Crippen molar-refractivity contribution in [3.8, 4) is 11.8 Å². The van der Waals surface area contributed by atoms with Crippen LogP contribution in [0.25, 0.3) is 0 Å². The molecular weight excluding hydrogens is 252 g/mol. The first-order valence-electron chi connectivity index (χ1n) is 6.89. The quantitative estimate of drug-likeness (QED) is 0.793. The van der Waals surface area contributed by atoms with Gasteiger partial charge in [-0.15, -0.1) is 0 Å². The molecule has 0 fully saturated rings. The lowest BCUT2D eigenvalue weighted by atomic mass is 9.99. The van der Waals surface area contributed by atoms with Gasteiger partial charge in [0.2, 0.25) is 0 Å². The highest BCUT2D eigenvalue weighted by molar-refractivity contribution is 5.28. The van der Waals surface area contributed by atoms with Crippen molar-refractivity contribution in [1.82, 2.24) is 5.32 Å². The highest BCUT2D eigenvalue weighted by Crippen LogP contribution is 2.16. The zero-order valence-corrected chi connectivity index (χ0v) is 12.8. The summed E-state index contributed by atoms with van der Waals surface area (Å²) >= 11 is 0. The molecule has 0 heterocycles. The zero-order chi connectivity index (χ0) is 15.0. The molecule has 110 valence electrons. The van der Waals surface area contributed by atoms with Crippen LogP contribution in [0.2, 0.25) is 0 Å². The number of ether oxygens (including phenoxy) is 2. The molecule has 0 amide bonds. The van der Waals surface area contributed by atoms with Crippen molar-refractivity contribution in [2.75, 3.05) is 13.7 Å². The maximum Gasteiger partial charge on any atom is 0.119 e. The lowest BCUT2D eigenvalue weighted by Gasteiger charge is -2.25. The second-order valence-electron chi connectivity index (χ2n) is 5.42. The number of hydrogen-bond acceptors (Lipinski definition) is 4. The van der Waals surface area contributed by atoms with E-state index in [2.05, 4.69) is 11.4 Å². The van der Waals surface area contributed by atoms with E-state index in [0.717, 1.165) is 11.3 Å². The fourth-order valence-corrected chi connectivity index (χ4v) is 2.06. The van der Waals surface area contributed by atoms with Crippen molar-refractivity contribution in [3.05, 3.63) is 29.8 Å². The van der Waals surface area contributed by atoms with Gasteiger partial charge in [0.15, 0.2) is 0 Å². The fraction of sp³-hybridized carbons (Fsp3) is 0.562. The molecule has 1 atom stereocenters. The highest BCUT2D eigenvalue weighted by atomic mass is 16.5. The van der Waals surface area contributed by atoms with Crippen molar-refractivity contribution in [1.29, 1.82) is 5.26 Å². The Balaban J connectivity index is 2.51. The van der Waals surface area contributed by atoms with Crippen LogP contribution in [0.1, 0.15) is 32.8 Å². The molecule has 1 unspecified atom stereocenters.